The molecule has 0 radical (unpaired) electrons. The Kier molecular flexibility index (Phi) is 4.24. The lowest BCUT2D eigenvalue weighted by molar-refractivity contribution is 0.100. The lowest BCUT2D eigenvalue weighted by atomic mass is 10.0. The van der Waals surface area contributed by atoms with E-state index >= 15 is 0 Å². The van der Waals surface area contributed by atoms with E-state index in [0.29, 0.717) is 21.7 Å². The normalized spacial score (nSPS) is 10.6. The van der Waals surface area contributed by atoms with Crippen molar-refractivity contribution in [3.05, 3.63) is 59.0 Å². The monoisotopic (exact) mass is 358 g/mol. The van der Waals surface area contributed by atoms with E-state index in [4.69, 9.17) is 23.1 Å². The molecule has 0 spiro atoms. The van der Waals surface area contributed by atoms with E-state index in [1.54, 1.807) is 12.1 Å². The van der Waals surface area contributed by atoms with Gasteiger partial charge in [0, 0.05) is 26.9 Å². The van der Waals surface area contributed by atoms with Crippen LogP contribution in [0.15, 0.2) is 47.6 Å². The van der Waals surface area contributed by atoms with Crippen molar-refractivity contribution in [1.82, 2.24) is 4.98 Å². The van der Waals surface area contributed by atoms with Gasteiger partial charge in [-0.15, -0.1) is 0 Å². The molecule has 0 atom stereocenters. The Morgan fingerprint density at radius 3 is 2.60 bits per heavy atom. The number of halogens is 2. The number of pyridine rings is 1. The summed E-state index contributed by atoms with van der Waals surface area (Å²) in [6.07, 6.45) is 1.04. The Morgan fingerprint density at radius 1 is 1.16 bits per heavy atom. The van der Waals surface area contributed by atoms with Gasteiger partial charge >= 0.3 is 0 Å². The number of benzene rings is 2. The average molecular weight is 359 g/mol. The number of nitrogens with zero attached hydrogens (tertiary/aromatic N) is 2. The molecular weight excluding hydrogens is 347 g/mol. The molecule has 0 saturated carbocycles. The van der Waals surface area contributed by atoms with Gasteiger partial charge in [0.05, 0.1) is 11.9 Å². The Labute approximate surface area is 146 Å². The summed E-state index contributed by atoms with van der Waals surface area (Å²) in [7, 11) is 0. The van der Waals surface area contributed by atoms with Gasteiger partial charge in [0.2, 0.25) is 0 Å². The maximum absolute atomic E-state index is 14.1. The highest BCUT2D eigenvalue weighted by molar-refractivity contribution is 6.30. The molecule has 126 valence electrons. The highest BCUT2D eigenvalue weighted by Crippen LogP contribution is 2.35. The predicted molar refractivity (Wildman–Crippen MR) is 94.0 cm³/mol. The first-order valence-electron chi connectivity index (χ1n) is 7.08. The summed E-state index contributed by atoms with van der Waals surface area (Å²) in [5.74, 6) is -1.72. The molecule has 8 heteroatoms. The minimum Gasteiger partial charge on any atom is -0.507 e. The van der Waals surface area contributed by atoms with Gasteiger partial charge in [0.25, 0.3) is 5.91 Å². The second kappa shape index (κ2) is 6.37. The second-order valence-corrected chi connectivity index (χ2v) is 5.65. The lowest BCUT2D eigenvalue weighted by Gasteiger charge is -2.10. The fourth-order valence-corrected chi connectivity index (χ4v) is 2.61. The maximum Gasteiger partial charge on any atom is 0.280 e. The van der Waals surface area contributed by atoms with Crippen molar-refractivity contribution in [1.29, 1.82) is 0 Å². The summed E-state index contributed by atoms with van der Waals surface area (Å²) in [6.45, 7) is 0. The van der Waals surface area contributed by atoms with Crippen LogP contribution >= 0.6 is 11.6 Å². The Hall–Kier alpha value is -3.19. The van der Waals surface area contributed by atoms with Crippen LogP contribution < -0.4 is 11.5 Å². The van der Waals surface area contributed by atoms with Gasteiger partial charge in [-0.2, -0.15) is 4.99 Å². The third-order valence-electron chi connectivity index (χ3n) is 3.53. The van der Waals surface area contributed by atoms with Crippen LogP contribution in [0.1, 0.15) is 10.4 Å². The van der Waals surface area contributed by atoms with Crippen molar-refractivity contribution in [2.75, 3.05) is 0 Å². The minimum absolute atomic E-state index is 0.117. The summed E-state index contributed by atoms with van der Waals surface area (Å²) in [5.41, 5.74) is 11.2. The zero-order valence-corrected chi connectivity index (χ0v) is 13.5. The van der Waals surface area contributed by atoms with Crippen molar-refractivity contribution in [2.45, 2.75) is 0 Å². The predicted octanol–water partition coefficient (Wildman–Crippen LogP) is 2.81. The molecule has 1 aromatic heterocycles. The number of aliphatic imine (C=N–C) groups is 1. The van der Waals surface area contributed by atoms with Crippen molar-refractivity contribution in [3.63, 3.8) is 0 Å². The van der Waals surface area contributed by atoms with Crippen LogP contribution in [0.25, 0.3) is 22.0 Å². The maximum atomic E-state index is 14.1. The van der Waals surface area contributed by atoms with Crippen molar-refractivity contribution < 1.29 is 14.3 Å². The lowest BCUT2D eigenvalue weighted by Crippen LogP contribution is -2.24. The molecule has 6 nitrogen and oxygen atoms in total. The number of nitrogens with two attached hydrogens (primary N) is 2. The molecule has 1 heterocycles. The number of carbonyl (C=O) groups excluding carboxylic acids is 1. The molecule has 0 bridgehead atoms. The van der Waals surface area contributed by atoms with E-state index in [9.17, 15) is 14.3 Å². The van der Waals surface area contributed by atoms with Crippen molar-refractivity contribution in [3.8, 4) is 17.0 Å². The van der Waals surface area contributed by atoms with Gasteiger partial charge in [-0.25, -0.2) is 4.39 Å². The zero-order valence-electron chi connectivity index (χ0n) is 12.7. The van der Waals surface area contributed by atoms with E-state index in [0.717, 1.165) is 6.20 Å². The smallest absolute Gasteiger partial charge is 0.280 e. The number of aromatic nitrogens is 1. The number of aromatic hydroxyl groups is 1. The molecule has 0 aliphatic rings. The van der Waals surface area contributed by atoms with Crippen LogP contribution in [-0.2, 0) is 0 Å². The van der Waals surface area contributed by atoms with E-state index in [2.05, 4.69) is 9.98 Å². The quantitative estimate of drug-likeness (QED) is 0.481. The molecule has 25 heavy (non-hydrogen) atoms. The molecular formula is C17H12ClFN4O2. The Balaban J connectivity index is 2.27. The summed E-state index contributed by atoms with van der Waals surface area (Å²) in [4.78, 5) is 19.5. The number of fused-ring (bicyclic) bond motifs is 1. The number of carbonyl (C=O) groups is 1. The van der Waals surface area contributed by atoms with E-state index in [1.807, 2.05) is 0 Å². The highest BCUT2D eigenvalue weighted by Gasteiger charge is 2.15. The average Bonchev–Trinajstić information content (AvgIpc) is 2.55. The van der Waals surface area contributed by atoms with Gasteiger partial charge in [-0.05, 0) is 30.3 Å². The van der Waals surface area contributed by atoms with Gasteiger partial charge in [-0.3, -0.25) is 9.78 Å². The summed E-state index contributed by atoms with van der Waals surface area (Å²) in [6, 6.07) is 8.74. The second-order valence-electron chi connectivity index (χ2n) is 5.22. The number of hydrogen-bond acceptors (Lipinski definition) is 3. The molecule has 0 aliphatic heterocycles. The van der Waals surface area contributed by atoms with Crippen LogP contribution in [0.2, 0.25) is 5.02 Å². The standard InChI is InChI=1S/C17H12ClFN4O2/c18-9-2-4-11(14(24)6-9)15-12-5-8(16(25)23-17(20)21)1-3-10(12)13(19)7-22-15/h1-7,24H,(H4,20,21,23,25). The summed E-state index contributed by atoms with van der Waals surface area (Å²) < 4.78 is 14.1. The first-order valence-corrected chi connectivity index (χ1v) is 7.45. The fourth-order valence-electron chi connectivity index (χ4n) is 2.44. The molecule has 0 unspecified atom stereocenters. The van der Waals surface area contributed by atoms with Crippen LogP contribution in [0.4, 0.5) is 4.39 Å². The zero-order chi connectivity index (χ0) is 18.1. The highest BCUT2D eigenvalue weighted by atomic mass is 35.5. The molecule has 5 N–H and O–H groups in total. The molecule has 2 aromatic carbocycles. The van der Waals surface area contributed by atoms with E-state index in [-0.39, 0.29) is 22.7 Å². The van der Waals surface area contributed by atoms with E-state index in [1.165, 1.54) is 24.3 Å². The fraction of sp³-hybridized carbons (Fsp3) is 0. The van der Waals surface area contributed by atoms with Crippen LogP contribution in [0.5, 0.6) is 5.75 Å². The minimum atomic E-state index is -0.669. The van der Waals surface area contributed by atoms with Gasteiger partial charge < -0.3 is 16.6 Å². The summed E-state index contributed by atoms with van der Waals surface area (Å²) in [5, 5.41) is 11.0. The van der Waals surface area contributed by atoms with Gasteiger partial charge in [0.1, 0.15) is 11.6 Å². The van der Waals surface area contributed by atoms with Crippen LogP contribution in [-0.4, -0.2) is 22.0 Å². The third kappa shape index (κ3) is 3.22. The first-order chi connectivity index (χ1) is 11.9. The number of guanidine groups is 1. The topological polar surface area (TPSA) is 115 Å². The third-order valence-corrected chi connectivity index (χ3v) is 3.77. The number of hydrogen-bond donors (Lipinski definition) is 3. The number of amides is 1. The van der Waals surface area contributed by atoms with Gasteiger partial charge in [0.15, 0.2) is 5.96 Å². The SMILES string of the molecule is NC(N)=NC(=O)c1ccc2c(F)cnc(-c3ccc(Cl)cc3O)c2c1. The molecule has 3 rings (SSSR count). The van der Waals surface area contributed by atoms with Crippen molar-refractivity contribution >= 4 is 34.2 Å². The molecule has 0 aliphatic carbocycles. The van der Waals surface area contributed by atoms with Crippen LogP contribution in [0, 0.1) is 5.82 Å². The number of phenolic OH excluding ortho intramolecular Hbond substituents is 1. The van der Waals surface area contributed by atoms with Gasteiger partial charge in [-0.1, -0.05) is 17.7 Å². The summed E-state index contributed by atoms with van der Waals surface area (Å²) >= 11 is 5.84. The van der Waals surface area contributed by atoms with Crippen LogP contribution in [0.3, 0.4) is 0 Å². The number of rotatable bonds is 2. The van der Waals surface area contributed by atoms with Crippen molar-refractivity contribution in [2.24, 2.45) is 16.5 Å². The Bertz CT molecular complexity index is 1030. The number of phenols is 1. The van der Waals surface area contributed by atoms with E-state index < -0.39 is 11.7 Å². The largest absolute Gasteiger partial charge is 0.507 e. The molecule has 0 saturated heterocycles. The molecule has 1 amide bonds. The first kappa shape index (κ1) is 16.7. The Morgan fingerprint density at radius 2 is 1.92 bits per heavy atom. The molecule has 3 aromatic rings. The molecule has 0 fully saturated rings.